The van der Waals surface area contributed by atoms with Crippen molar-refractivity contribution in [2.45, 2.75) is 4.90 Å². The maximum Gasteiger partial charge on any atom is 0.297 e. The Labute approximate surface area is 133 Å². The SMILES string of the molecule is Nc1cc(N=Nc2ccccc2)c(S(=O)(=O)O)c2ccccc12. The van der Waals surface area contributed by atoms with Crippen LogP contribution >= 0.6 is 0 Å². The lowest BCUT2D eigenvalue weighted by Gasteiger charge is -2.09. The molecular formula is C16H13N3O3S. The zero-order chi connectivity index (χ0) is 16.4. The van der Waals surface area contributed by atoms with Gasteiger partial charge in [-0.1, -0.05) is 42.5 Å². The normalized spacial score (nSPS) is 12.0. The molecule has 3 N–H and O–H groups in total. The van der Waals surface area contributed by atoms with E-state index < -0.39 is 10.1 Å². The lowest BCUT2D eigenvalue weighted by Crippen LogP contribution is -2.01. The predicted octanol–water partition coefficient (Wildman–Crippen LogP) is 4.08. The Balaban J connectivity index is 2.26. The summed E-state index contributed by atoms with van der Waals surface area (Å²) < 4.78 is 33.2. The van der Waals surface area contributed by atoms with Gasteiger partial charge in [0.05, 0.1) is 5.69 Å². The maximum atomic E-state index is 11.8. The molecular weight excluding hydrogens is 314 g/mol. The van der Waals surface area contributed by atoms with Crippen LogP contribution < -0.4 is 5.73 Å². The van der Waals surface area contributed by atoms with Gasteiger partial charge in [-0.25, -0.2) is 0 Å². The number of benzene rings is 3. The summed E-state index contributed by atoms with van der Waals surface area (Å²) in [6.45, 7) is 0. The van der Waals surface area contributed by atoms with Crippen molar-refractivity contribution in [2.24, 2.45) is 10.2 Å². The monoisotopic (exact) mass is 327 g/mol. The van der Waals surface area contributed by atoms with Crippen molar-refractivity contribution in [3.05, 3.63) is 60.7 Å². The van der Waals surface area contributed by atoms with Gasteiger partial charge in [-0.3, -0.25) is 4.55 Å². The number of hydrogen-bond donors (Lipinski definition) is 2. The van der Waals surface area contributed by atoms with Crippen LogP contribution in [-0.4, -0.2) is 13.0 Å². The number of nitrogens with zero attached hydrogens (tertiary/aromatic N) is 2. The molecule has 0 unspecified atom stereocenters. The van der Waals surface area contributed by atoms with Crippen LogP contribution in [0.3, 0.4) is 0 Å². The van der Waals surface area contributed by atoms with E-state index in [1.807, 2.05) is 6.07 Å². The van der Waals surface area contributed by atoms with E-state index in [1.165, 1.54) is 6.07 Å². The molecule has 0 atom stereocenters. The third-order valence-corrected chi connectivity index (χ3v) is 4.24. The first kappa shape index (κ1) is 15.1. The summed E-state index contributed by atoms with van der Waals surface area (Å²) in [5.41, 5.74) is 6.87. The summed E-state index contributed by atoms with van der Waals surface area (Å²) >= 11 is 0. The van der Waals surface area contributed by atoms with Gasteiger partial charge in [0.25, 0.3) is 10.1 Å². The number of anilines is 1. The van der Waals surface area contributed by atoms with E-state index in [4.69, 9.17) is 5.73 Å². The molecule has 6 nitrogen and oxygen atoms in total. The second-order valence-electron chi connectivity index (χ2n) is 4.87. The molecule has 3 rings (SSSR count). The lowest BCUT2D eigenvalue weighted by atomic mass is 10.1. The highest BCUT2D eigenvalue weighted by Gasteiger charge is 2.21. The van der Waals surface area contributed by atoms with E-state index in [0.717, 1.165) is 0 Å². The van der Waals surface area contributed by atoms with E-state index in [-0.39, 0.29) is 10.6 Å². The van der Waals surface area contributed by atoms with Crippen molar-refractivity contribution < 1.29 is 13.0 Å². The van der Waals surface area contributed by atoms with E-state index in [1.54, 1.807) is 48.5 Å². The first-order valence-corrected chi connectivity index (χ1v) is 8.16. The largest absolute Gasteiger partial charge is 0.398 e. The summed E-state index contributed by atoms with van der Waals surface area (Å²) in [5, 5.41) is 8.78. The Hall–Kier alpha value is -2.77. The molecule has 0 radical (unpaired) electrons. The molecule has 3 aromatic carbocycles. The Morgan fingerprint density at radius 1 is 0.870 bits per heavy atom. The fourth-order valence-electron chi connectivity index (χ4n) is 2.31. The van der Waals surface area contributed by atoms with Crippen LogP contribution in [0.1, 0.15) is 0 Å². The first-order valence-electron chi connectivity index (χ1n) is 6.72. The predicted molar refractivity (Wildman–Crippen MR) is 88.8 cm³/mol. The number of nitrogen functional groups attached to an aromatic ring is 1. The number of rotatable bonds is 3. The van der Waals surface area contributed by atoms with Gasteiger partial charge >= 0.3 is 0 Å². The third-order valence-electron chi connectivity index (χ3n) is 3.29. The van der Waals surface area contributed by atoms with Crippen LogP contribution in [-0.2, 0) is 10.1 Å². The van der Waals surface area contributed by atoms with E-state index in [9.17, 15) is 13.0 Å². The molecule has 0 aliphatic rings. The lowest BCUT2D eigenvalue weighted by molar-refractivity contribution is 0.484. The molecule has 23 heavy (non-hydrogen) atoms. The molecule has 0 aliphatic carbocycles. The Bertz CT molecular complexity index is 1000. The second-order valence-corrected chi connectivity index (χ2v) is 6.23. The van der Waals surface area contributed by atoms with Gasteiger partial charge in [0.1, 0.15) is 10.6 Å². The fourth-order valence-corrected chi connectivity index (χ4v) is 3.13. The van der Waals surface area contributed by atoms with Crippen LogP contribution in [0, 0.1) is 0 Å². The van der Waals surface area contributed by atoms with Gasteiger partial charge in [0.15, 0.2) is 0 Å². The molecule has 7 heteroatoms. The highest BCUT2D eigenvalue weighted by molar-refractivity contribution is 7.86. The number of hydrogen-bond acceptors (Lipinski definition) is 5. The third kappa shape index (κ3) is 3.05. The van der Waals surface area contributed by atoms with Gasteiger partial charge in [0.2, 0.25) is 0 Å². The van der Waals surface area contributed by atoms with Gasteiger partial charge in [-0.2, -0.15) is 13.5 Å². The van der Waals surface area contributed by atoms with Crippen molar-refractivity contribution in [3.63, 3.8) is 0 Å². The highest BCUT2D eigenvalue weighted by atomic mass is 32.2. The van der Waals surface area contributed by atoms with E-state index in [2.05, 4.69) is 10.2 Å². The molecule has 0 aliphatic heterocycles. The minimum absolute atomic E-state index is 0.00690. The Morgan fingerprint density at radius 2 is 1.48 bits per heavy atom. The van der Waals surface area contributed by atoms with Gasteiger partial charge < -0.3 is 5.73 Å². The summed E-state index contributed by atoms with van der Waals surface area (Å²) in [5.74, 6) is 0. The summed E-state index contributed by atoms with van der Waals surface area (Å²) in [7, 11) is -4.49. The van der Waals surface area contributed by atoms with Crippen molar-refractivity contribution in [3.8, 4) is 0 Å². The quantitative estimate of drug-likeness (QED) is 0.429. The molecule has 0 saturated heterocycles. The van der Waals surface area contributed by atoms with Crippen LogP contribution in [0.4, 0.5) is 17.1 Å². The number of nitrogens with two attached hydrogens (primary N) is 1. The van der Waals surface area contributed by atoms with Gasteiger partial charge in [0, 0.05) is 16.5 Å². The van der Waals surface area contributed by atoms with E-state index in [0.29, 0.717) is 22.1 Å². The number of fused-ring (bicyclic) bond motifs is 1. The maximum absolute atomic E-state index is 11.8. The molecule has 0 amide bonds. The van der Waals surface area contributed by atoms with Gasteiger partial charge in [-0.05, 0) is 18.2 Å². The van der Waals surface area contributed by atoms with Crippen molar-refractivity contribution in [1.29, 1.82) is 0 Å². The zero-order valence-corrected chi connectivity index (χ0v) is 12.7. The molecule has 0 fully saturated rings. The summed E-state index contributed by atoms with van der Waals surface area (Å²) in [4.78, 5) is -0.304. The minimum Gasteiger partial charge on any atom is -0.398 e. The highest BCUT2D eigenvalue weighted by Crippen LogP contribution is 2.36. The molecule has 3 aromatic rings. The van der Waals surface area contributed by atoms with Crippen LogP contribution in [0.5, 0.6) is 0 Å². The minimum atomic E-state index is -4.49. The van der Waals surface area contributed by atoms with Gasteiger partial charge in [-0.15, -0.1) is 5.11 Å². The molecule has 0 spiro atoms. The Morgan fingerprint density at radius 3 is 2.13 bits per heavy atom. The topological polar surface area (TPSA) is 105 Å². The zero-order valence-electron chi connectivity index (χ0n) is 11.9. The molecule has 0 bridgehead atoms. The molecule has 116 valence electrons. The Kier molecular flexibility index (Phi) is 3.81. The van der Waals surface area contributed by atoms with Crippen LogP contribution in [0.2, 0.25) is 0 Å². The first-order chi connectivity index (χ1) is 11.0. The molecule has 0 heterocycles. The average Bonchev–Trinajstić information content (AvgIpc) is 2.53. The molecule has 0 saturated carbocycles. The standard InChI is InChI=1S/C16H13N3O3S/c17-14-10-15(19-18-11-6-2-1-3-7-11)16(23(20,21)22)13-9-5-4-8-12(13)14/h1-10H,17H2,(H,20,21,22). The van der Waals surface area contributed by atoms with Crippen molar-refractivity contribution in [1.82, 2.24) is 0 Å². The van der Waals surface area contributed by atoms with Crippen molar-refractivity contribution in [2.75, 3.05) is 5.73 Å². The van der Waals surface area contributed by atoms with Crippen LogP contribution in [0.25, 0.3) is 10.8 Å². The number of azo groups is 1. The van der Waals surface area contributed by atoms with E-state index >= 15 is 0 Å². The fraction of sp³-hybridized carbons (Fsp3) is 0. The summed E-state index contributed by atoms with van der Waals surface area (Å²) in [6, 6.07) is 16.9. The van der Waals surface area contributed by atoms with Crippen molar-refractivity contribution >= 4 is 38.0 Å². The van der Waals surface area contributed by atoms with Crippen LogP contribution in [0.15, 0.2) is 75.8 Å². The smallest absolute Gasteiger partial charge is 0.297 e. The average molecular weight is 327 g/mol. The molecule has 0 aromatic heterocycles. The second kappa shape index (κ2) is 5.79. The summed E-state index contributed by atoms with van der Waals surface area (Å²) in [6.07, 6.45) is 0.